The highest BCUT2D eigenvalue weighted by atomic mass is 79.9. The molecule has 0 spiro atoms. The maximum Gasteiger partial charge on any atom is 0.328 e. The number of rotatable bonds is 2. The Labute approximate surface area is 77.1 Å². The number of carboxylic acids is 1. The van der Waals surface area contributed by atoms with Gasteiger partial charge in [-0.3, -0.25) is 0 Å². The molecule has 0 unspecified atom stereocenters. The van der Waals surface area contributed by atoms with Crippen molar-refractivity contribution in [2.45, 2.75) is 0 Å². The van der Waals surface area contributed by atoms with E-state index in [1.54, 1.807) is 12.4 Å². The number of halogens is 1. The van der Waals surface area contributed by atoms with E-state index in [4.69, 9.17) is 5.11 Å². The van der Waals surface area contributed by atoms with E-state index in [2.05, 4.69) is 25.9 Å². The van der Waals surface area contributed by atoms with Gasteiger partial charge in [0, 0.05) is 18.5 Å². The summed E-state index contributed by atoms with van der Waals surface area (Å²) < 4.78 is 0.759. The summed E-state index contributed by atoms with van der Waals surface area (Å²) in [5.74, 6) is -0.637. The molecule has 4 nitrogen and oxygen atoms in total. The van der Waals surface area contributed by atoms with Crippen molar-refractivity contribution in [1.29, 1.82) is 0 Å². The number of aliphatic carboxylic acids is 1. The van der Waals surface area contributed by atoms with Gasteiger partial charge in [0.2, 0.25) is 0 Å². The Balaban J connectivity index is 2.77. The van der Waals surface area contributed by atoms with E-state index in [-0.39, 0.29) is 0 Å². The summed E-state index contributed by atoms with van der Waals surface area (Å²) >= 11 is 3.16. The second-order valence-electron chi connectivity index (χ2n) is 1.93. The van der Waals surface area contributed by atoms with Crippen LogP contribution in [-0.4, -0.2) is 21.0 Å². The maximum atomic E-state index is 10.1. The first-order chi connectivity index (χ1) is 5.68. The Hall–Kier alpha value is -1.23. The van der Waals surface area contributed by atoms with Crippen LogP contribution in [0.3, 0.4) is 0 Å². The smallest absolute Gasteiger partial charge is 0.328 e. The molecule has 0 aliphatic carbocycles. The Morgan fingerprint density at radius 1 is 1.50 bits per heavy atom. The Morgan fingerprint density at radius 3 is 2.58 bits per heavy atom. The van der Waals surface area contributed by atoms with Crippen molar-refractivity contribution < 1.29 is 9.90 Å². The average Bonchev–Trinajstić information content (AvgIpc) is 2.03. The van der Waals surface area contributed by atoms with Gasteiger partial charge in [-0.15, -0.1) is 0 Å². The molecule has 0 aliphatic heterocycles. The van der Waals surface area contributed by atoms with Gasteiger partial charge in [0.05, 0.1) is 4.47 Å². The second kappa shape index (κ2) is 3.96. The fourth-order valence-corrected chi connectivity index (χ4v) is 0.759. The first kappa shape index (κ1) is 8.86. The van der Waals surface area contributed by atoms with Gasteiger partial charge in [-0.2, -0.15) is 0 Å². The van der Waals surface area contributed by atoms with Crippen molar-refractivity contribution in [1.82, 2.24) is 9.97 Å². The standard InChI is InChI=1S/C7H5BrN2O2/c8-5-3-9-6(10-4-5)1-2-7(11)12/h1-4H,(H,11,12)/b2-1+. The summed E-state index contributed by atoms with van der Waals surface area (Å²) in [4.78, 5) is 17.8. The summed E-state index contributed by atoms with van der Waals surface area (Å²) in [6, 6.07) is 0. The molecule has 0 atom stereocenters. The molecule has 0 saturated carbocycles. The van der Waals surface area contributed by atoms with Crippen LogP contribution in [0.25, 0.3) is 6.08 Å². The van der Waals surface area contributed by atoms with Crippen LogP contribution in [0.2, 0.25) is 0 Å². The predicted octanol–water partition coefficient (Wildman–Crippen LogP) is 1.34. The third-order valence-corrected chi connectivity index (χ3v) is 1.42. The monoisotopic (exact) mass is 228 g/mol. The molecule has 1 aromatic heterocycles. The summed E-state index contributed by atoms with van der Waals surface area (Å²) in [6.07, 6.45) is 5.42. The van der Waals surface area contributed by atoms with Gasteiger partial charge in [0.1, 0.15) is 0 Å². The minimum absolute atomic E-state index is 0.376. The molecule has 12 heavy (non-hydrogen) atoms. The van der Waals surface area contributed by atoms with Crippen LogP contribution in [0, 0.1) is 0 Å². The van der Waals surface area contributed by atoms with E-state index < -0.39 is 5.97 Å². The predicted molar refractivity (Wildman–Crippen MR) is 46.4 cm³/mol. The van der Waals surface area contributed by atoms with Crippen LogP contribution in [0.1, 0.15) is 5.82 Å². The molecule has 1 heterocycles. The molecule has 1 aromatic rings. The van der Waals surface area contributed by atoms with Crippen LogP contribution < -0.4 is 0 Å². The van der Waals surface area contributed by atoms with Crippen molar-refractivity contribution in [2.24, 2.45) is 0 Å². The van der Waals surface area contributed by atoms with Crippen LogP contribution in [0.5, 0.6) is 0 Å². The molecule has 5 heteroatoms. The van der Waals surface area contributed by atoms with Gasteiger partial charge < -0.3 is 5.11 Å². The van der Waals surface area contributed by atoms with Gasteiger partial charge in [-0.1, -0.05) is 0 Å². The lowest BCUT2D eigenvalue weighted by Gasteiger charge is -1.89. The van der Waals surface area contributed by atoms with Gasteiger partial charge in [0.25, 0.3) is 0 Å². The molecule has 62 valence electrons. The van der Waals surface area contributed by atoms with Crippen molar-refractivity contribution in [3.05, 3.63) is 28.8 Å². The van der Waals surface area contributed by atoms with E-state index >= 15 is 0 Å². The lowest BCUT2D eigenvalue weighted by Crippen LogP contribution is -1.89. The van der Waals surface area contributed by atoms with E-state index in [1.807, 2.05) is 0 Å². The number of hydrogen-bond donors (Lipinski definition) is 1. The van der Waals surface area contributed by atoms with Gasteiger partial charge >= 0.3 is 5.97 Å². The fourth-order valence-electron chi connectivity index (χ4n) is 0.554. The summed E-state index contributed by atoms with van der Waals surface area (Å²) in [5, 5.41) is 8.28. The molecule has 1 N–H and O–H groups in total. The van der Waals surface area contributed by atoms with Crippen LogP contribution >= 0.6 is 15.9 Å². The molecule has 0 saturated heterocycles. The van der Waals surface area contributed by atoms with E-state index in [0.717, 1.165) is 10.5 Å². The van der Waals surface area contributed by atoms with Crippen molar-refractivity contribution >= 4 is 28.0 Å². The van der Waals surface area contributed by atoms with Gasteiger partial charge in [0.15, 0.2) is 5.82 Å². The zero-order valence-electron chi connectivity index (χ0n) is 5.94. The highest BCUT2D eigenvalue weighted by Gasteiger charge is 1.91. The second-order valence-corrected chi connectivity index (χ2v) is 2.85. The minimum Gasteiger partial charge on any atom is -0.478 e. The maximum absolute atomic E-state index is 10.1. The molecule has 0 bridgehead atoms. The average molecular weight is 229 g/mol. The normalized spacial score (nSPS) is 10.4. The van der Waals surface area contributed by atoms with Crippen molar-refractivity contribution in [3.8, 4) is 0 Å². The van der Waals surface area contributed by atoms with Crippen LogP contribution in [0.15, 0.2) is 22.9 Å². The van der Waals surface area contributed by atoms with Crippen molar-refractivity contribution in [2.75, 3.05) is 0 Å². The molecular weight excluding hydrogens is 224 g/mol. The minimum atomic E-state index is -1.01. The highest BCUT2D eigenvalue weighted by Crippen LogP contribution is 2.04. The van der Waals surface area contributed by atoms with E-state index in [1.165, 1.54) is 6.08 Å². The molecule has 0 radical (unpaired) electrons. The van der Waals surface area contributed by atoms with Crippen LogP contribution in [-0.2, 0) is 4.79 Å². The molecule has 1 rings (SSSR count). The Kier molecular flexibility index (Phi) is 2.93. The van der Waals surface area contributed by atoms with E-state index in [0.29, 0.717) is 5.82 Å². The number of carboxylic acid groups (broad SMARTS) is 1. The fraction of sp³-hybridized carbons (Fsp3) is 0. The lowest BCUT2D eigenvalue weighted by molar-refractivity contribution is -0.131. The third-order valence-electron chi connectivity index (χ3n) is 1.02. The number of hydrogen-bond acceptors (Lipinski definition) is 3. The molecule has 0 amide bonds. The summed E-state index contributed by atoms with van der Waals surface area (Å²) in [6.45, 7) is 0. The summed E-state index contributed by atoms with van der Waals surface area (Å²) in [5.41, 5.74) is 0. The van der Waals surface area contributed by atoms with Gasteiger partial charge in [-0.25, -0.2) is 14.8 Å². The lowest BCUT2D eigenvalue weighted by atomic mass is 10.4. The zero-order chi connectivity index (χ0) is 8.97. The third kappa shape index (κ3) is 2.79. The number of aromatic nitrogens is 2. The summed E-state index contributed by atoms with van der Waals surface area (Å²) in [7, 11) is 0. The quantitative estimate of drug-likeness (QED) is 0.777. The molecule has 0 aromatic carbocycles. The molecule has 0 fully saturated rings. The number of carbonyl (C=O) groups is 1. The SMILES string of the molecule is O=C(O)/C=C/c1ncc(Br)cn1. The molecule has 0 aliphatic rings. The van der Waals surface area contributed by atoms with Gasteiger partial charge in [-0.05, 0) is 22.0 Å². The largest absolute Gasteiger partial charge is 0.478 e. The first-order valence-corrected chi connectivity index (χ1v) is 3.86. The van der Waals surface area contributed by atoms with E-state index in [9.17, 15) is 4.79 Å². The van der Waals surface area contributed by atoms with Crippen molar-refractivity contribution in [3.63, 3.8) is 0 Å². The Morgan fingerprint density at radius 2 is 2.08 bits per heavy atom. The zero-order valence-corrected chi connectivity index (χ0v) is 7.52. The van der Waals surface area contributed by atoms with Crippen LogP contribution in [0.4, 0.5) is 0 Å². The Bertz CT molecular complexity index is 308. The number of nitrogens with zero attached hydrogens (tertiary/aromatic N) is 2. The topological polar surface area (TPSA) is 63.1 Å². The molecular formula is C7H5BrN2O2. The first-order valence-electron chi connectivity index (χ1n) is 3.07. The highest BCUT2D eigenvalue weighted by molar-refractivity contribution is 9.10.